The lowest BCUT2D eigenvalue weighted by atomic mass is 10.4. The Hall–Kier alpha value is -1.73. The lowest BCUT2D eigenvalue weighted by Crippen LogP contribution is -2.23. The summed E-state index contributed by atoms with van der Waals surface area (Å²) in [6.45, 7) is 0. The Balaban J connectivity index is 3.20. The van der Waals surface area contributed by atoms with Crippen LogP contribution in [0.5, 0.6) is 11.5 Å². The normalized spacial score (nSPS) is 11.4. The summed E-state index contributed by atoms with van der Waals surface area (Å²) < 4.78 is 50.6. The molecule has 8 heteroatoms. The van der Waals surface area contributed by atoms with Crippen molar-refractivity contribution in [2.45, 2.75) is 6.36 Å². The summed E-state index contributed by atoms with van der Waals surface area (Å²) in [7, 11) is 0. The number of aromatic nitrogens is 1. The van der Waals surface area contributed by atoms with Crippen molar-refractivity contribution >= 4 is 0 Å². The molecule has 1 aromatic rings. The van der Waals surface area contributed by atoms with Crippen LogP contribution in [0.4, 0.5) is 17.6 Å². The highest BCUT2D eigenvalue weighted by molar-refractivity contribution is 5.30. The highest BCUT2D eigenvalue weighted by atomic mass is 19.4. The summed E-state index contributed by atoms with van der Waals surface area (Å²) in [5.41, 5.74) is -1.42. The van der Waals surface area contributed by atoms with Crippen molar-refractivity contribution in [1.29, 1.82) is 0 Å². The van der Waals surface area contributed by atoms with E-state index in [2.05, 4.69) is 4.74 Å². The van der Waals surface area contributed by atoms with E-state index in [1.54, 1.807) is 4.98 Å². The van der Waals surface area contributed by atoms with Crippen LogP contribution in [-0.4, -0.2) is 16.5 Å². The molecule has 2 N–H and O–H groups in total. The molecule has 0 spiro atoms. The van der Waals surface area contributed by atoms with Gasteiger partial charge in [-0.1, -0.05) is 0 Å². The minimum Gasteiger partial charge on any atom is -0.504 e. The van der Waals surface area contributed by atoms with Gasteiger partial charge in [-0.05, 0) is 0 Å². The molecule has 0 fully saturated rings. The highest BCUT2D eigenvalue weighted by Crippen LogP contribution is 2.25. The first kappa shape index (κ1) is 10.4. The molecule has 4 nitrogen and oxygen atoms in total. The molecule has 0 aliphatic carbocycles. The number of hydrogen-bond acceptors (Lipinski definition) is 3. The maximum Gasteiger partial charge on any atom is 0.573 e. The van der Waals surface area contributed by atoms with E-state index < -0.39 is 29.2 Å². The van der Waals surface area contributed by atoms with Gasteiger partial charge in [-0.2, -0.15) is 4.39 Å². The van der Waals surface area contributed by atoms with E-state index in [4.69, 9.17) is 5.11 Å². The molecule has 0 amide bonds. The van der Waals surface area contributed by atoms with E-state index in [-0.39, 0.29) is 0 Å². The van der Waals surface area contributed by atoms with Gasteiger partial charge >= 0.3 is 6.36 Å². The molecule has 14 heavy (non-hydrogen) atoms. The van der Waals surface area contributed by atoms with E-state index >= 15 is 0 Å². The number of aromatic hydroxyl groups is 1. The van der Waals surface area contributed by atoms with Crippen LogP contribution < -0.4 is 10.3 Å². The van der Waals surface area contributed by atoms with Gasteiger partial charge in [-0.25, -0.2) is 0 Å². The molecule has 1 heterocycles. The molecule has 0 bridgehead atoms. The first-order valence-corrected chi connectivity index (χ1v) is 3.17. The third kappa shape index (κ3) is 2.15. The molecule has 0 aliphatic rings. The fraction of sp³-hybridized carbons (Fsp3) is 0.167. The Morgan fingerprint density at radius 2 is 2.00 bits per heavy atom. The molecule has 0 saturated heterocycles. The molecule has 0 aliphatic heterocycles. The van der Waals surface area contributed by atoms with Gasteiger partial charge in [0.1, 0.15) is 0 Å². The number of rotatable bonds is 1. The van der Waals surface area contributed by atoms with Gasteiger partial charge in [-0.15, -0.1) is 13.2 Å². The third-order valence-corrected chi connectivity index (χ3v) is 1.19. The number of hydrogen-bond donors (Lipinski definition) is 2. The van der Waals surface area contributed by atoms with Crippen molar-refractivity contribution < 1.29 is 27.4 Å². The summed E-state index contributed by atoms with van der Waals surface area (Å²) in [6, 6.07) is 0. The number of aromatic amines is 1. The molecule has 1 aromatic heterocycles. The molecule has 0 unspecified atom stereocenters. The second-order valence-corrected chi connectivity index (χ2v) is 2.19. The molecular formula is C6H3F4NO3. The number of alkyl halides is 3. The largest absolute Gasteiger partial charge is 0.573 e. The second-order valence-electron chi connectivity index (χ2n) is 2.19. The lowest BCUT2D eigenvalue weighted by molar-refractivity contribution is -0.276. The van der Waals surface area contributed by atoms with Gasteiger partial charge in [-0.3, -0.25) is 4.79 Å². The van der Waals surface area contributed by atoms with E-state index in [0.717, 1.165) is 0 Å². The van der Waals surface area contributed by atoms with Crippen molar-refractivity contribution in [1.82, 2.24) is 4.98 Å². The van der Waals surface area contributed by atoms with Gasteiger partial charge < -0.3 is 14.8 Å². The fourth-order valence-corrected chi connectivity index (χ4v) is 0.686. The number of nitrogens with one attached hydrogen (secondary N) is 1. The van der Waals surface area contributed by atoms with Gasteiger partial charge in [0, 0.05) is 6.20 Å². The molecule has 0 atom stereocenters. The Morgan fingerprint density at radius 3 is 2.50 bits per heavy atom. The van der Waals surface area contributed by atoms with Crippen LogP contribution >= 0.6 is 0 Å². The quantitative estimate of drug-likeness (QED) is 0.687. The molecular weight excluding hydrogens is 210 g/mol. The van der Waals surface area contributed by atoms with Crippen LogP contribution in [0.15, 0.2) is 11.0 Å². The first-order chi connectivity index (χ1) is 6.31. The van der Waals surface area contributed by atoms with Crippen molar-refractivity contribution in [2.75, 3.05) is 0 Å². The van der Waals surface area contributed by atoms with Gasteiger partial charge in [0.15, 0.2) is 5.75 Å². The predicted octanol–water partition coefficient (Wildman–Crippen LogP) is 1.12. The molecule has 78 valence electrons. The maximum atomic E-state index is 12.7. The summed E-state index contributed by atoms with van der Waals surface area (Å²) in [5, 5.41) is 8.63. The molecule has 0 aromatic carbocycles. The minimum atomic E-state index is -5.19. The Kier molecular flexibility index (Phi) is 2.37. The fourth-order valence-electron chi connectivity index (χ4n) is 0.686. The lowest BCUT2D eigenvalue weighted by Gasteiger charge is -2.08. The van der Waals surface area contributed by atoms with Gasteiger partial charge in [0.25, 0.3) is 5.56 Å². The zero-order valence-electron chi connectivity index (χ0n) is 6.35. The van der Waals surface area contributed by atoms with Crippen molar-refractivity contribution in [3.05, 3.63) is 22.4 Å². The van der Waals surface area contributed by atoms with E-state index in [0.29, 0.717) is 6.20 Å². The number of ether oxygens (including phenoxy) is 1. The smallest absolute Gasteiger partial charge is 0.504 e. The summed E-state index contributed by atoms with van der Waals surface area (Å²) >= 11 is 0. The molecule has 0 radical (unpaired) electrons. The predicted molar refractivity (Wildman–Crippen MR) is 35.4 cm³/mol. The Morgan fingerprint density at radius 1 is 1.43 bits per heavy atom. The summed E-state index contributed by atoms with van der Waals surface area (Å²) in [5.74, 6) is -4.51. The average Bonchev–Trinajstić information content (AvgIpc) is 2.04. The van der Waals surface area contributed by atoms with Crippen molar-refractivity contribution in [2.24, 2.45) is 0 Å². The van der Waals surface area contributed by atoms with Gasteiger partial charge in [0.05, 0.1) is 0 Å². The number of pyridine rings is 1. The first-order valence-electron chi connectivity index (χ1n) is 3.17. The average molecular weight is 213 g/mol. The number of halogens is 4. The third-order valence-electron chi connectivity index (χ3n) is 1.19. The zero-order valence-corrected chi connectivity index (χ0v) is 6.35. The van der Waals surface area contributed by atoms with Crippen molar-refractivity contribution in [3.8, 4) is 11.5 Å². The Labute approximate surface area is 73.7 Å². The van der Waals surface area contributed by atoms with Crippen molar-refractivity contribution in [3.63, 3.8) is 0 Å². The summed E-state index contributed by atoms with van der Waals surface area (Å²) in [6.07, 6.45) is -4.68. The van der Waals surface area contributed by atoms with Crippen LogP contribution in [0.2, 0.25) is 0 Å². The zero-order chi connectivity index (χ0) is 10.9. The number of H-pyrrole nitrogens is 1. The van der Waals surface area contributed by atoms with E-state index in [1.165, 1.54) is 0 Å². The van der Waals surface area contributed by atoms with E-state index in [1.807, 2.05) is 0 Å². The van der Waals surface area contributed by atoms with Crippen LogP contribution in [-0.2, 0) is 0 Å². The van der Waals surface area contributed by atoms with Crippen LogP contribution in [0.3, 0.4) is 0 Å². The standard InChI is InChI=1S/C6H3F4NO3/c7-3-2(12)1-11-5(13)4(3)14-6(8,9)10/h1,12H,(H,11,13). The van der Waals surface area contributed by atoms with Gasteiger partial charge in [0.2, 0.25) is 11.6 Å². The second kappa shape index (κ2) is 3.20. The summed E-state index contributed by atoms with van der Waals surface area (Å²) in [4.78, 5) is 12.3. The SMILES string of the molecule is O=c1[nH]cc(O)c(F)c1OC(F)(F)F. The van der Waals surface area contributed by atoms with E-state index in [9.17, 15) is 22.4 Å². The maximum absolute atomic E-state index is 12.7. The molecule has 0 saturated carbocycles. The Bertz CT molecular complexity index is 397. The van der Waals surface area contributed by atoms with Crippen LogP contribution in [0.1, 0.15) is 0 Å². The monoisotopic (exact) mass is 213 g/mol. The highest BCUT2D eigenvalue weighted by Gasteiger charge is 2.34. The van der Waals surface area contributed by atoms with Crippen LogP contribution in [0.25, 0.3) is 0 Å². The van der Waals surface area contributed by atoms with Crippen LogP contribution in [0, 0.1) is 5.82 Å². The minimum absolute atomic E-state index is 0.515. The topological polar surface area (TPSA) is 62.3 Å². The molecule has 1 rings (SSSR count).